The third-order valence-electron chi connectivity index (χ3n) is 8.10. The first-order chi connectivity index (χ1) is 20.7. The highest BCUT2D eigenvalue weighted by Gasteiger charge is 2.17. The molecule has 0 aliphatic heterocycles. The molecule has 1 amide bonds. The molecule has 0 heterocycles. The lowest BCUT2D eigenvalue weighted by molar-refractivity contribution is -0.123. The Hall–Kier alpha value is -1.39. The Kier molecular flexibility index (Phi) is 33.0. The highest BCUT2D eigenvalue weighted by Crippen LogP contribution is 2.13. The molecule has 3 N–H and O–H groups in total. The standard InChI is InChI=1S/C38H71NO3/c1-3-5-7-9-11-13-15-17-18-19-20-22-23-25-27-29-31-33-37(41)36(35-40)39-38(42)34-32-30-28-26-24-21-16-14-12-10-8-6-4-2/h14,16,23,25,31,33,36-37,40-41H,3-13,15,17-22,24,26-30,32,34-35H2,1-2H3,(H,39,42)/b16-14+,25-23+,33-31+/t36-,37+/m0/s1. The van der Waals surface area contributed by atoms with Crippen LogP contribution in [0.2, 0.25) is 0 Å². The van der Waals surface area contributed by atoms with Crippen molar-refractivity contribution in [3.05, 3.63) is 36.5 Å². The van der Waals surface area contributed by atoms with E-state index in [4.69, 9.17) is 0 Å². The Balaban J connectivity index is 3.69. The van der Waals surface area contributed by atoms with Crippen LogP contribution in [0.5, 0.6) is 0 Å². The smallest absolute Gasteiger partial charge is 0.220 e. The zero-order valence-electron chi connectivity index (χ0n) is 28.0. The molecule has 0 saturated heterocycles. The predicted octanol–water partition coefficient (Wildman–Crippen LogP) is 10.7. The summed E-state index contributed by atoms with van der Waals surface area (Å²) >= 11 is 0. The number of rotatable bonds is 32. The van der Waals surface area contributed by atoms with Gasteiger partial charge in [-0.25, -0.2) is 0 Å². The van der Waals surface area contributed by atoms with E-state index in [2.05, 4.69) is 43.5 Å². The fourth-order valence-electron chi connectivity index (χ4n) is 5.25. The number of hydrogen-bond acceptors (Lipinski definition) is 3. The van der Waals surface area contributed by atoms with Gasteiger partial charge in [0.2, 0.25) is 5.91 Å². The Bertz CT molecular complexity index is 642. The lowest BCUT2D eigenvalue weighted by Crippen LogP contribution is -2.45. The van der Waals surface area contributed by atoms with E-state index in [9.17, 15) is 15.0 Å². The van der Waals surface area contributed by atoms with Gasteiger partial charge < -0.3 is 15.5 Å². The van der Waals surface area contributed by atoms with E-state index in [0.717, 1.165) is 44.9 Å². The van der Waals surface area contributed by atoms with Crippen LogP contribution in [-0.4, -0.2) is 34.9 Å². The maximum Gasteiger partial charge on any atom is 0.220 e. The van der Waals surface area contributed by atoms with Crippen LogP contribution in [0.1, 0.15) is 181 Å². The van der Waals surface area contributed by atoms with Crippen LogP contribution in [0.4, 0.5) is 0 Å². The number of amides is 1. The molecule has 0 fully saturated rings. The summed E-state index contributed by atoms with van der Waals surface area (Å²) in [5, 5.41) is 22.8. The second-order valence-electron chi connectivity index (χ2n) is 12.3. The summed E-state index contributed by atoms with van der Waals surface area (Å²) in [6.07, 6.45) is 43.7. The van der Waals surface area contributed by atoms with Gasteiger partial charge in [-0.3, -0.25) is 4.79 Å². The van der Waals surface area contributed by atoms with Crippen molar-refractivity contribution in [1.82, 2.24) is 5.32 Å². The van der Waals surface area contributed by atoms with E-state index < -0.39 is 12.1 Å². The van der Waals surface area contributed by atoms with Gasteiger partial charge in [-0.15, -0.1) is 0 Å². The summed E-state index contributed by atoms with van der Waals surface area (Å²) < 4.78 is 0. The van der Waals surface area contributed by atoms with Gasteiger partial charge in [0.25, 0.3) is 0 Å². The van der Waals surface area contributed by atoms with E-state index >= 15 is 0 Å². The molecule has 246 valence electrons. The van der Waals surface area contributed by atoms with Gasteiger partial charge in [-0.1, -0.05) is 153 Å². The van der Waals surface area contributed by atoms with Crippen molar-refractivity contribution >= 4 is 5.91 Å². The largest absolute Gasteiger partial charge is 0.394 e. The molecule has 4 nitrogen and oxygen atoms in total. The number of aliphatic hydroxyl groups is 2. The van der Waals surface area contributed by atoms with Crippen LogP contribution >= 0.6 is 0 Å². The van der Waals surface area contributed by atoms with E-state index in [0.29, 0.717) is 6.42 Å². The molecule has 0 bridgehead atoms. The summed E-state index contributed by atoms with van der Waals surface area (Å²) in [5.41, 5.74) is 0. The highest BCUT2D eigenvalue weighted by molar-refractivity contribution is 5.76. The van der Waals surface area contributed by atoms with Gasteiger partial charge in [0, 0.05) is 6.42 Å². The van der Waals surface area contributed by atoms with Gasteiger partial charge in [0.15, 0.2) is 0 Å². The minimum atomic E-state index is -0.862. The molecule has 0 aliphatic carbocycles. The number of unbranched alkanes of at least 4 members (excludes halogenated alkanes) is 21. The van der Waals surface area contributed by atoms with Crippen molar-refractivity contribution in [3.8, 4) is 0 Å². The number of hydrogen-bond donors (Lipinski definition) is 3. The van der Waals surface area contributed by atoms with Gasteiger partial charge in [-0.05, 0) is 57.8 Å². The van der Waals surface area contributed by atoms with Crippen LogP contribution in [-0.2, 0) is 4.79 Å². The first-order valence-corrected chi connectivity index (χ1v) is 18.2. The van der Waals surface area contributed by atoms with Crippen molar-refractivity contribution in [2.75, 3.05) is 6.61 Å². The van der Waals surface area contributed by atoms with Crippen LogP contribution in [0.25, 0.3) is 0 Å². The summed E-state index contributed by atoms with van der Waals surface area (Å²) in [7, 11) is 0. The Morgan fingerprint density at radius 3 is 1.40 bits per heavy atom. The maximum atomic E-state index is 12.3. The molecule has 0 aromatic carbocycles. The summed E-state index contributed by atoms with van der Waals surface area (Å²) in [5.74, 6) is -0.0853. The van der Waals surface area contributed by atoms with Crippen LogP contribution in [0.15, 0.2) is 36.5 Å². The van der Waals surface area contributed by atoms with Gasteiger partial charge in [-0.2, -0.15) is 0 Å². The quantitative estimate of drug-likeness (QED) is 0.0540. The zero-order chi connectivity index (χ0) is 30.8. The third kappa shape index (κ3) is 30.1. The monoisotopic (exact) mass is 590 g/mol. The summed E-state index contributed by atoms with van der Waals surface area (Å²) in [6.45, 7) is 4.26. The van der Waals surface area contributed by atoms with Gasteiger partial charge in [0.1, 0.15) is 0 Å². The van der Waals surface area contributed by atoms with Crippen LogP contribution in [0.3, 0.4) is 0 Å². The lowest BCUT2D eigenvalue weighted by Gasteiger charge is -2.19. The molecular weight excluding hydrogens is 518 g/mol. The molecule has 0 aromatic rings. The second kappa shape index (κ2) is 34.1. The first kappa shape index (κ1) is 40.6. The normalized spacial score (nSPS) is 13.5. The maximum absolute atomic E-state index is 12.3. The van der Waals surface area contributed by atoms with E-state index in [1.165, 1.54) is 116 Å². The molecule has 4 heteroatoms. The summed E-state index contributed by atoms with van der Waals surface area (Å²) in [4.78, 5) is 12.3. The number of allylic oxidation sites excluding steroid dienone is 5. The average molecular weight is 590 g/mol. The second-order valence-corrected chi connectivity index (χ2v) is 12.3. The molecule has 0 saturated carbocycles. The Morgan fingerprint density at radius 2 is 0.929 bits per heavy atom. The molecule has 0 rings (SSSR count). The molecule has 0 aliphatic rings. The topological polar surface area (TPSA) is 69.6 Å². The minimum Gasteiger partial charge on any atom is -0.394 e. The average Bonchev–Trinajstić information content (AvgIpc) is 2.99. The summed E-state index contributed by atoms with van der Waals surface area (Å²) in [6, 6.07) is -0.640. The molecular formula is C38H71NO3. The number of aliphatic hydroxyl groups excluding tert-OH is 2. The Labute approximate surface area is 261 Å². The van der Waals surface area contributed by atoms with Crippen molar-refractivity contribution in [1.29, 1.82) is 0 Å². The highest BCUT2D eigenvalue weighted by atomic mass is 16.3. The minimum absolute atomic E-state index is 0.0853. The van der Waals surface area contributed by atoms with Crippen molar-refractivity contribution in [2.24, 2.45) is 0 Å². The predicted molar refractivity (Wildman–Crippen MR) is 184 cm³/mol. The molecule has 0 radical (unpaired) electrons. The SMILES string of the molecule is CCCCCC/C=C/CCCCCCCC(=O)N[C@@H](CO)[C@H](O)/C=C/CC/C=C/CCCCCCCCCCCCC. The molecule has 0 spiro atoms. The molecule has 2 atom stereocenters. The van der Waals surface area contributed by atoms with Crippen LogP contribution < -0.4 is 5.32 Å². The number of carbonyl (C=O) groups excluding carboxylic acids is 1. The fraction of sp³-hybridized carbons (Fsp3) is 0.816. The van der Waals surface area contributed by atoms with Gasteiger partial charge >= 0.3 is 0 Å². The van der Waals surface area contributed by atoms with Crippen LogP contribution in [0, 0.1) is 0 Å². The van der Waals surface area contributed by atoms with E-state index in [1.54, 1.807) is 6.08 Å². The molecule has 0 aromatic heterocycles. The molecule has 0 unspecified atom stereocenters. The van der Waals surface area contributed by atoms with Crippen molar-refractivity contribution in [2.45, 2.75) is 193 Å². The van der Waals surface area contributed by atoms with E-state index in [1.807, 2.05) is 6.08 Å². The lowest BCUT2D eigenvalue weighted by atomic mass is 10.1. The first-order valence-electron chi connectivity index (χ1n) is 18.2. The van der Waals surface area contributed by atoms with Gasteiger partial charge in [0.05, 0.1) is 18.8 Å². The molecule has 42 heavy (non-hydrogen) atoms. The number of nitrogens with one attached hydrogen (secondary N) is 1. The number of carbonyl (C=O) groups is 1. The van der Waals surface area contributed by atoms with Crippen molar-refractivity contribution in [3.63, 3.8) is 0 Å². The van der Waals surface area contributed by atoms with Crippen molar-refractivity contribution < 1.29 is 15.0 Å². The van der Waals surface area contributed by atoms with E-state index in [-0.39, 0.29) is 12.5 Å². The Morgan fingerprint density at radius 1 is 0.548 bits per heavy atom. The third-order valence-corrected chi connectivity index (χ3v) is 8.10. The zero-order valence-corrected chi connectivity index (χ0v) is 28.0. The fourth-order valence-corrected chi connectivity index (χ4v) is 5.25.